The van der Waals surface area contributed by atoms with Crippen LogP contribution >= 0.6 is 0 Å². The molecule has 0 aliphatic rings. The normalized spacial score (nSPS) is 11.6. The third-order valence-corrected chi connectivity index (χ3v) is 4.51. The molecule has 0 bridgehead atoms. The van der Waals surface area contributed by atoms with Gasteiger partial charge < -0.3 is 10.6 Å². The number of carbonyl (C=O) groups is 1. The Morgan fingerprint density at radius 3 is 1.90 bits per heavy atom. The molecule has 0 unspecified atom stereocenters. The minimum absolute atomic E-state index is 0.353. The Labute approximate surface area is 177 Å². The summed E-state index contributed by atoms with van der Waals surface area (Å²) in [6, 6.07) is 24.8. The van der Waals surface area contributed by atoms with Gasteiger partial charge in [0.2, 0.25) is 0 Å². The van der Waals surface area contributed by atoms with Gasteiger partial charge in [-0.2, -0.15) is 18.4 Å². The van der Waals surface area contributed by atoms with Crippen LogP contribution in [0.4, 0.5) is 18.9 Å². The second-order valence-electron chi connectivity index (χ2n) is 6.59. The number of benzene rings is 3. The van der Waals surface area contributed by atoms with Gasteiger partial charge in [-0.05, 0) is 23.3 Å². The van der Waals surface area contributed by atoms with E-state index < -0.39 is 23.3 Å². The molecule has 2 N–H and O–H groups in total. The summed E-state index contributed by atoms with van der Waals surface area (Å²) in [6.45, 7) is 0. The quantitative estimate of drug-likeness (QED) is 0.412. The summed E-state index contributed by atoms with van der Waals surface area (Å²) in [6.07, 6.45) is -3.42. The molecule has 0 saturated heterocycles. The van der Waals surface area contributed by atoms with E-state index >= 15 is 0 Å². The van der Waals surface area contributed by atoms with Crippen molar-refractivity contribution in [1.29, 1.82) is 5.26 Å². The fraction of sp³-hybridized carbons (Fsp3) is 0.0833. The van der Waals surface area contributed by atoms with Crippen molar-refractivity contribution in [3.63, 3.8) is 0 Å². The van der Waals surface area contributed by atoms with Crippen LogP contribution in [-0.2, 0) is 11.0 Å². The van der Waals surface area contributed by atoms with Crippen LogP contribution < -0.4 is 10.6 Å². The van der Waals surface area contributed by atoms with E-state index in [1.165, 1.54) is 18.3 Å². The van der Waals surface area contributed by atoms with E-state index in [4.69, 9.17) is 0 Å². The second-order valence-corrected chi connectivity index (χ2v) is 6.59. The number of hydrogen-bond acceptors (Lipinski definition) is 3. The van der Waals surface area contributed by atoms with Crippen molar-refractivity contribution in [1.82, 2.24) is 5.32 Å². The molecule has 7 heteroatoms. The summed E-state index contributed by atoms with van der Waals surface area (Å²) in [7, 11) is 0. The number of nitrogens with one attached hydrogen (secondary N) is 2. The number of halogens is 3. The molecule has 3 aromatic rings. The van der Waals surface area contributed by atoms with Crippen molar-refractivity contribution < 1.29 is 18.0 Å². The SMILES string of the molecule is N#C/C(=C/NC(c1ccccc1)c1ccccc1)C(=O)Nc1ccccc1C(F)(F)F. The molecule has 0 aromatic heterocycles. The Kier molecular flexibility index (Phi) is 6.73. The van der Waals surface area contributed by atoms with E-state index in [9.17, 15) is 23.2 Å². The predicted octanol–water partition coefficient (Wildman–Crippen LogP) is 5.43. The van der Waals surface area contributed by atoms with Crippen molar-refractivity contribution in [3.05, 3.63) is 113 Å². The van der Waals surface area contributed by atoms with Crippen LogP contribution in [0.2, 0.25) is 0 Å². The molecule has 0 spiro atoms. The first-order valence-corrected chi connectivity index (χ1v) is 9.34. The van der Waals surface area contributed by atoms with Gasteiger partial charge in [-0.3, -0.25) is 4.79 Å². The van der Waals surface area contributed by atoms with Gasteiger partial charge in [-0.1, -0.05) is 72.8 Å². The molecule has 0 fully saturated rings. The van der Waals surface area contributed by atoms with Crippen LogP contribution in [0, 0.1) is 11.3 Å². The highest BCUT2D eigenvalue weighted by Crippen LogP contribution is 2.34. The monoisotopic (exact) mass is 421 g/mol. The Bertz CT molecular complexity index is 1060. The van der Waals surface area contributed by atoms with E-state index in [-0.39, 0.29) is 11.6 Å². The lowest BCUT2D eigenvalue weighted by atomic mass is 9.99. The fourth-order valence-electron chi connectivity index (χ4n) is 3.02. The smallest absolute Gasteiger partial charge is 0.379 e. The second kappa shape index (κ2) is 9.63. The van der Waals surface area contributed by atoms with Crippen LogP contribution in [0.1, 0.15) is 22.7 Å². The number of carbonyl (C=O) groups excluding carboxylic acids is 1. The summed E-state index contributed by atoms with van der Waals surface area (Å²) in [4.78, 5) is 12.5. The lowest BCUT2D eigenvalue weighted by Gasteiger charge is -2.19. The molecule has 0 radical (unpaired) electrons. The fourth-order valence-corrected chi connectivity index (χ4v) is 3.02. The van der Waals surface area contributed by atoms with Gasteiger partial charge in [0.05, 0.1) is 17.3 Å². The van der Waals surface area contributed by atoms with Crippen molar-refractivity contribution >= 4 is 11.6 Å². The van der Waals surface area contributed by atoms with Crippen molar-refractivity contribution in [2.45, 2.75) is 12.2 Å². The van der Waals surface area contributed by atoms with E-state index in [0.717, 1.165) is 23.3 Å². The maximum Gasteiger partial charge on any atom is 0.418 e. The molecule has 4 nitrogen and oxygen atoms in total. The third-order valence-electron chi connectivity index (χ3n) is 4.51. The van der Waals surface area contributed by atoms with Crippen LogP contribution in [-0.4, -0.2) is 5.91 Å². The van der Waals surface area contributed by atoms with E-state index in [2.05, 4.69) is 10.6 Å². The largest absolute Gasteiger partial charge is 0.418 e. The lowest BCUT2D eigenvalue weighted by molar-refractivity contribution is -0.137. The van der Waals surface area contributed by atoms with Gasteiger partial charge in [0.25, 0.3) is 5.91 Å². The minimum atomic E-state index is -4.63. The van der Waals surface area contributed by atoms with Crippen LogP contribution in [0.3, 0.4) is 0 Å². The van der Waals surface area contributed by atoms with E-state index in [1.807, 2.05) is 60.7 Å². The van der Waals surface area contributed by atoms with E-state index in [0.29, 0.717) is 0 Å². The van der Waals surface area contributed by atoms with Crippen molar-refractivity contribution in [2.75, 3.05) is 5.32 Å². The number of nitriles is 1. The molecule has 1 amide bonds. The molecule has 3 rings (SSSR count). The number of amides is 1. The first kappa shape index (κ1) is 21.7. The third kappa shape index (κ3) is 5.52. The Balaban J connectivity index is 1.85. The zero-order valence-electron chi connectivity index (χ0n) is 16.2. The maximum atomic E-state index is 13.2. The number of nitrogens with zero attached hydrogens (tertiary/aromatic N) is 1. The van der Waals surface area contributed by atoms with E-state index in [1.54, 1.807) is 6.07 Å². The summed E-state index contributed by atoms with van der Waals surface area (Å²) in [5.41, 5.74) is 0.0350. The summed E-state index contributed by atoms with van der Waals surface area (Å²) < 4.78 is 39.5. The zero-order chi connectivity index (χ0) is 22.3. The molecular formula is C24H18F3N3O. The molecule has 0 atom stereocenters. The van der Waals surface area contributed by atoms with Crippen LogP contribution in [0.25, 0.3) is 0 Å². The van der Waals surface area contributed by atoms with Crippen molar-refractivity contribution in [2.24, 2.45) is 0 Å². The van der Waals surface area contributed by atoms with Gasteiger partial charge in [-0.15, -0.1) is 0 Å². The summed E-state index contributed by atoms with van der Waals surface area (Å²) in [5, 5.41) is 14.6. The molecule has 0 heterocycles. The number of para-hydroxylation sites is 1. The van der Waals surface area contributed by atoms with Crippen molar-refractivity contribution in [3.8, 4) is 6.07 Å². The van der Waals surface area contributed by atoms with Crippen LogP contribution in [0.5, 0.6) is 0 Å². The minimum Gasteiger partial charge on any atom is -0.379 e. The Morgan fingerprint density at radius 2 is 1.39 bits per heavy atom. The molecule has 0 aliphatic carbocycles. The highest BCUT2D eigenvalue weighted by atomic mass is 19.4. The standard InChI is InChI=1S/C24H18F3N3O/c25-24(26,27)20-13-7-8-14-21(20)30-23(31)19(15-28)16-29-22(17-9-3-1-4-10-17)18-11-5-2-6-12-18/h1-14,16,22,29H,(H,30,31)/b19-16-. The van der Waals surface area contributed by atoms with Gasteiger partial charge in [0, 0.05) is 6.20 Å². The van der Waals surface area contributed by atoms with Crippen LogP contribution in [0.15, 0.2) is 96.7 Å². The molecule has 156 valence electrons. The first-order chi connectivity index (χ1) is 14.9. The zero-order valence-corrected chi connectivity index (χ0v) is 16.2. The Hall–Kier alpha value is -4.05. The molecule has 3 aromatic carbocycles. The number of anilines is 1. The Morgan fingerprint density at radius 1 is 0.871 bits per heavy atom. The highest BCUT2D eigenvalue weighted by molar-refractivity contribution is 6.06. The highest BCUT2D eigenvalue weighted by Gasteiger charge is 2.33. The number of hydrogen-bond donors (Lipinski definition) is 2. The average Bonchev–Trinajstić information content (AvgIpc) is 2.77. The molecule has 0 aliphatic heterocycles. The van der Waals surface area contributed by atoms with Gasteiger partial charge >= 0.3 is 6.18 Å². The first-order valence-electron chi connectivity index (χ1n) is 9.34. The number of alkyl halides is 3. The number of rotatable bonds is 6. The molecule has 0 saturated carbocycles. The van der Waals surface area contributed by atoms with Gasteiger partial charge in [-0.25, -0.2) is 0 Å². The van der Waals surface area contributed by atoms with Gasteiger partial charge in [0.1, 0.15) is 11.6 Å². The summed E-state index contributed by atoms with van der Waals surface area (Å²) >= 11 is 0. The predicted molar refractivity (Wildman–Crippen MR) is 112 cm³/mol. The average molecular weight is 421 g/mol. The molecule has 31 heavy (non-hydrogen) atoms. The maximum absolute atomic E-state index is 13.2. The lowest BCUT2D eigenvalue weighted by Crippen LogP contribution is -2.22. The van der Waals surface area contributed by atoms with Gasteiger partial charge in [0.15, 0.2) is 0 Å². The molecular weight excluding hydrogens is 403 g/mol. The topological polar surface area (TPSA) is 64.9 Å². The summed E-state index contributed by atoms with van der Waals surface area (Å²) in [5.74, 6) is -0.938.